The van der Waals surface area contributed by atoms with Crippen LogP contribution in [0.2, 0.25) is 0 Å². The Labute approximate surface area is 142 Å². The lowest BCUT2D eigenvalue weighted by atomic mass is 10.2. The molecule has 0 atom stereocenters. The van der Waals surface area contributed by atoms with Crippen molar-refractivity contribution in [3.05, 3.63) is 66.3 Å². The number of rotatable bonds is 5. The highest BCUT2D eigenvalue weighted by Gasteiger charge is 2.16. The van der Waals surface area contributed by atoms with Crippen molar-refractivity contribution in [1.82, 2.24) is 9.97 Å². The van der Waals surface area contributed by atoms with Crippen molar-refractivity contribution in [1.29, 1.82) is 0 Å². The van der Waals surface area contributed by atoms with Crippen LogP contribution in [0.5, 0.6) is 5.75 Å². The van der Waals surface area contributed by atoms with Crippen LogP contribution in [0.4, 0.5) is 11.7 Å². The highest BCUT2D eigenvalue weighted by molar-refractivity contribution is 6.05. The van der Waals surface area contributed by atoms with Crippen molar-refractivity contribution in [2.24, 2.45) is 0 Å². The van der Waals surface area contributed by atoms with Crippen LogP contribution in [-0.4, -0.2) is 28.9 Å². The van der Waals surface area contributed by atoms with Crippen LogP contribution in [0.3, 0.4) is 0 Å². The molecule has 3 rings (SSSR count). The Bertz CT molecular complexity index is 892. The minimum atomic E-state index is -0.488. The quantitative estimate of drug-likeness (QED) is 0.740. The van der Waals surface area contributed by atoms with Crippen LogP contribution in [0.25, 0.3) is 0 Å². The topological polar surface area (TPSA) is 106 Å². The molecule has 126 valence electrons. The molecule has 8 heteroatoms. The van der Waals surface area contributed by atoms with Crippen molar-refractivity contribution in [3.63, 3.8) is 0 Å². The third kappa shape index (κ3) is 3.81. The Morgan fingerprint density at radius 3 is 2.56 bits per heavy atom. The molecule has 0 spiro atoms. The van der Waals surface area contributed by atoms with Gasteiger partial charge in [-0.3, -0.25) is 19.9 Å². The summed E-state index contributed by atoms with van der Waals surface area (Å²) in [5.74, 6) is -0.385. The van der Waals surface area contributed by atoms with Crippen molar-refractivity contribution >= 4 is 23.5 Å². The Morgan fingerprint density at radius 2 is 1.80 bits per heavy atom. The van der Waals surface area contributed by atoms with Gasteiger partial charge >= 0.3 is 6.01 Å². The largest absolute Gasteiger partial charge is 0.495 e. The van der Waals surface area contributed by atoms with Gasteiger partial charge in [0, 0.05) is 18.0 Å². The number of anilines is 2. The number of aromatic nitrogens is 2. The van der Waals surface area contributed by atoms with Crippen LogP contribution >= 0.6 is 0 Å². The van der Waals surface area contributed by atoms with Crippen LogP contribution in [0, 0.1) is 0 Å². The van der Waals surface area contributed by atoms with Gasteiger partial charge in [0.2, 0.25) is 0 Å². The maximum absolute atomic E-state index is 12.2. The number of hydrogen-bond donors (Lipinski definition) is 2. The monoisotopic (exact) mass is 338 g/mol. The number of amides is 2. The summed E-state index contributed by atoms with van der Waals surface area (Å²) >= 11 is 0. The summed E-state index contributed by atoms with van der Waals surface area (Å²) in [4.78, 5) is 32.0. The molecule has 2 aromatic heterocycles. The zero-order chi connectivity index (χ0) is 17.6. The molecule has 25 heavy (non-hydrogen) atoms. The summed E-state index contributed by atoms with van der Waals surface area (Å²) in [6.45, 7) is 0. The van der Waals surface area contributed by atoms with E-state index in [1.807, 2.05) is 0 Å². The molecule has 0 aliphatic carbocycles. The Kier molecular flexibility index (Phi) is 4.70. The number of para-hydroxylation sites is 2. The first kappa shape index (κ1) is 16.2. The van der Waals surface area contributed by atoms with E-state index in [1.165, 1.54) is 19.5 Å². The summed E-state index contributed by atoms with van der Waals surface area (Å²) in [5, 5.41) is 5.14. The first-order chi connectivity index (χ1) is 12.2. The van der Waals surface area contributed by atoms with Gasteiger partial charge in [0.25, 0.3) is 11.8 Å². The van der Waals surface area contributed by atoms with E-state index in [9.17, 15) is 9.59 Å². The maximum Gasteiger partial charge on any atom is 0.302 e. The minimum absolute atomic E-state index is 0.0240. The zero-order valence-electron chi connectivity index (χ0n) is 13.2. The van der Waals surface area contributed by atoms with E-state index >= 15 is 0 Å². The number of carbonyl (C=O) groups is 2. The van der Waals surface area contributed by atoms with Gasteiger partial charge in [-0.25, -0.2) is 0 Å². The molecular weight excluding hydrogens is 324 g/mol. The van der Waals surface area contributed by atoms with Crippen molar-refractivity contribution < 1.29 is 18.7 Å². The SMILES string of the molecule is COc1ccccc1NC(=O)c1coc(NC(=O)c2ccncc2)n1. The van der Waals surface area contributed by atoms with E-state index in [0.717, 1.165) is 6.26 Å². The molecule has 1 aromatic carbocycles. The summed E-state index contributed by atoms with van der Waals surface area (Å²) in [5.41, 5.74) is 0.921. The van der Waals surface area contributed by atoms with E-state index in [1.54, 1.807) is 36.4 Å². The first-order valence-corrected chi connectivity index (χ1v) is 7.28. The third-order valence-electron chi connectivity index (χ3n) is 3.25. The third-order valence-corrected chi connectivity index (χ3v) is 3.25. The summed E-state index contributed by atoms with van der Waals surface area (Å²) in [7, 11) is 1.51. The first-order valence-electron chi connectivity index (χ1n) is 7.28. The molecule has 2 N–H and O–H groups in total. The lowest BCUT2D eigenvalue weighted by Gasteiger charge is -2.08. The second-order valence-corrected chi connectivity index (χ2v) is 4.88. The van der Waals surface area contributed by atoms with Crippen molar-refractivity contribution in [3.8, 4) is 5.75 Å². The predicted molar refractivity (Wildman–Crippen MR) is 89.6 cm³/mol. The Hall–Kier alpha value is -3.68. The van der Waals surface area contributed by atoms with Gasteiger partial charge in [0.05, 0.1) is 12.8 Å². The van der Waals surface area contributed by atoms with Crippen molar-refractivity contribution in [2.75, 3.05) is 17.7 Å². The lowest BCUT2D eigenvalue weighted by molar-refractivity contribution is 0.101. The van der Waals surface area contributed by atoms with E-state index in [0.29, 0.717) is 17.0 Å². The van der Waals surface area contributed by atoms with Gasteiger partial charge in [-0.2, -0.15) is 4.98 Å². The predicted octanol–water partition coefficient (Wildman–Crippen LogP) is 2.58. The standard InChI is InChI=1S/C17H14N4O4/c1-24-14-5-3-2-4-12(14)19-16(23)13-10-25-17(20-13)21-15(22)11-6-8-18-9-7-11/h2-10H,1H3,(H,19,23)(H,20,21,22). The number of carbonyl (C=O) groups excluding carboxylic acids is 2. The average molecular weight is 338 g/mol. The van der Waals surface area contributed by atoms with Gasteiger partial charge in [0.15, 0.2) is 5.69 Å². The van der Waals surface area contributed by atoms with Crippen LogP contribution < -0.4 is 15.4 Å². The van der Waals surface area contributed by atoms with Gasteiger partial charge in [-0.1, -0.05) is 12.1 Å². The van der Waals surface area contributed by atoms with Crippen LogP contribution in [0.15, 0.2) is 59.5 Å². The van der Waals surface area contributed by atoms with Gasteiger partial charge in [0.1, 0.15) is 12.0 Å². The molecule has 8 nitrogen and oxygen atoms in total. The fraction of sp³-hybridized carbons (Fsp3) is 0.0588. The average Bonchev–Trinajstić information content (AvgIpc) is 3.11. The van der Waals surface area contributed by atoms with E-state index in [4.69, 9.17) is 9.15 Å². The molecular formula is C17H14N4O4. The number of pyridine rings is 1. The van der Waals surface area contributed by atoms with Gasteiger partial charge in [-0.05, 0) is 24.3 Å². The Morgan fingerprint density at radius 1 is 1.04 bits per heavy atom. The number of hydrogen-bond acceptors (Lipinski definition) is 6. The number of ether oxygens (including phenoxy) is 1. The fourth-order valence-corrected chi connectivity index (χ4v) is 2.04. The highest BCUT2D eigenvalue weighted by atomic mass is 16.5. The molecule has 2 heterocycles. The van der Waals surface area contributed by atoms with Gasteiger partial charge < -0.3 is 14.5 Å². The summed E-state index contributed by atoms with van der Waals surface area (Å²) in [6.07, 6.45) is 4.15. The second-order valence-electron chi connectivity index (χ2n) is 4.88. The Balaban J connectivity index is 1.68. The molecule has 0 saturated heterocycles. The number of nitrogens with one attached hydrogen (secondary N) is 2. The molecule has 0 unspecified atom stereocenters. The second kappa shape index (κ2) is 7.26. The van der Waals surface area contributed by atoms with Gasteiger partial charge in [-0.15, -0.1) is 0 Å². The van der Waals surface area contributed by atoms with E-state index in [-0.39, 0.29) is 11.7 Å². The number of oxazole rings is 1. The lowest BCUT2D eigenvalue weighted by Crippen LogP contribution is -2.14. The molecule has 2 amide bonds. The number of nitrogens with zero attached hydrogens (tertiary/aromatic N) is 2. The van der Waals surface area contributed by atoms with Crippen molar-refractivity contribution in [2.45, 2.75) is 0 Å². The maximum atomic E-state index is 12.2. The molecule has 0 bridgehead atoms. The minimum Gasteiger partial charge on any atom is -0.495 e. The summed E-state index contributed by atoms with van der Waals surface area (Å²) < 4.78 is 10.3. The molecule has 0 saturated carbocycles. The zero-order valence-corrected chi connectivity index (χ0v) is 13.2. The van der Waals surface area contributed by atoms with Crippen LogP contribution in [0.1, 0.15) is 20.8 Å². The van der Waals surface area contributed by atoms with E-state index < -0.39 is 11.8 Å². The normalized spacial score (nSPS) is 10.1. The summed E-state index contributed by atoms with van der Waals surface area (Å²) in [6, 6.07) is 9.99. The smallest absolute Gasteiger partial charge is 0.302 e. The molecule has 0 fully saturated rings. The fourth-order valence-electron chi connectivity index (χ4n) is 2.04. The molecule has 0 radical (unpaired) electrons. The number of methoxy groups -OCH3 is 1. The van der Waals surface area contributed by atoms with Crippen LogP contribution in [-0.2, 0) is 0 Å². The van der Waals surface area contributed by atoms with E-state index in [2.05, 4.69) is 20.6 Å². The molecule has 0 aliphatic rings. The highest BCUT2D eigenvalue weighted by Crippen LogP contribution is 2.23. The molecule has 3 aromatic rings. The number of benzene rings is 1. The molecule has 0 aliphatic heterocycles.